The maximum Gasteiger partial charge on any atom is 0.303 e. The van der Waals surface area contributed by atoms with Crippen molar-refractivity contribution in [1.82, 2.24) is 4.90 Å². The normalized spacial score (nSPS) is 13.2. The van der Waals surface area contributed by atoms with Crippen LogP contribution in [0.2, 0.25) is 0 Å². The first kappa shape index (κ1) is 29.9. The molecule has 0 aromatic rings. The lowest BCUT2D eigenvalue weighted by atomic mass is 10.0. The molecule has 0 radical (unpaired) electrons. The number of ether oxygens (including phenoxy) is 2. The molecule has 0 N–H and O–H groups in total. The van der Waals surface area contributed by atoms with Gasteiger partial charge in [0.15, 0.2) is 0 Å². The van der Waals surface area contributed by atoms with Gasteiger partial charge in [-0.15, -0.1) is 12.4 Å². The van der Waals surface area contributed by atoms with E-state index in [1.54, 1.807) is 0 Å². The number of hydrogen-bond donors (Lipinski definition) is 0. The van der Waals surface area contributed by atoms with E-state index in [0.717, 1.165) is 6.42 Å². The van der Waals surface area contributed by atoms with Gasteiger partial charge in [-0.3, -0.25) is 4.79 Å². The quantitative estimate of drug-likeness (QED) is 0.179. The molecule has 0 heterocycles. The Hall–Kier alpha value is -0.320. The molecule has 0 aliphatic carbocycles. The second-order valence-electron chi connectivity index (χ2n) is 8.32. The SMILES string of the molecule is CCCCCCCCCCCCCCC(C)OCC(CN(C)C)OC(C)=O.Cl. The van der Waals surface area contributed by atoms with Gasteiger partial charge in [-0.1, -0.05) is 84.0 Å². The van der Waals surface area contributed by atoms with Gasteiger partial charge in [0.05, 0.1) is 12.7 Å². The van der Waals surface area contributed by atoms with Gasteiger partial charge in [0.2, 0.25) is 0 Å². The number of carbonyl (C=O) groups is 1. The van der Waals surface area contributed by atoms with Crippen molar-refractivity contribution < 1.29 is 14.3 Å². The number of esters is 1. The highest BCUT2D eigenvalue weighted by molar-refractivity contribution is 5.85. The molecule has 0 saturated carbocycles. The minimum atomic E-state index is -0.237. The maximum absolute atomic E-state index is 11.2. The third-order valence-corrected chi connectivity index (χ3v) is 4.93. The molecule has 0 amide bonds. The van der Waals surface area contributed by atoms with Gasteiger partial charge >= 0.3 is 5.97 Å². The smallest absolute Gasteiger partial charge is 0.303 e. The van der Waals surface area contributed by atoms with Crippen molar-refractivity contribution >= 4 is 18.4 Å². The van der Waals surface area contributed by atoms with Crippen LogP contribution in [0.1, 0.15) is 104 Å². The summed E-state index contributed by atoms with van der Waals surface area (Å²) in [6.45, 7) is 7.04. The molecule has 4 nitrogen and oxygen atoms in total. The van der Waals surface area contributed by atoms with Crippen LogP contribution in [0.5, 0.6) is 0 Å². The lowest BCUT2D eigenvalue weighted by Gasteiger charge is -2.22. The highest BCUT2D eigenvalue weighted by Crippen LogP contribution is 2.14. The van der Waals surface area contributed by atoms with Gasteiger partial charge in [0, 0.05) is 13.5 Å². The van der Waals surface area contributed by atoms with Crippen LogP contribution in [0.15, 0.2) is 0 Å². The highest BCUT2D eigenvalue weighted by atomic mass is 35.5. The Morgan fingerprint density at radius 3 is 1.75 bits per heavy atom. The minimum absolute atomic E-state index is 0. The largest absolute Gasteiger partial charge is 0.459 e. The van der Waals surface area contributed by atoms with Crippen LogP contribution in [-0.4, -0.2) is 50.3 Å². The molecular formula is C23H48ClNO3. The van der Waals surface area contributed by atoms with Gasteiger partial charge in [-0.2, -0.15) is 0 Å². The minimum Gasteiger partial charge on any atom is -0.459 e. The predicted molar refractivity (Wildman–Crippen MR) is 122 cm³/mol. The van der Waals surface area contributed by atoms with Crippen LogP contribution >= 0.6 is 12.4 Å². The van der Waals surface area contributed by atoms with E-state index in [1.165, 1.54) is 84.0 Å². The van der Waals surface area contributed by atoms with Crippen molar-refractivity contribution in [3.05, 3.63) is 0 Å². The van der Waals surface area contributed by atoms with E-state index in [2.05, 4.69) is 13.8 Å². The Labute approximate surface area is 181 Å². The first-order valence-electron chi connectivity index (χ1n) is 11.4. The summed E-state index contributed by atoms with van der Waals surface area (Å²) in [4.78, 5) is 13.2. The van der Waals surface area contributed by atoms with Crippen molar-refractivity contribution in [3.63, 3.8) is 0 Å². The van der Waals surface area contributed by atoms with Crippen LogP contribution in [0.3, 0.4) is 0 Å². The molecule has 5 heteroatoms. The Morgan fingerprint density at radius 1 is 0.857 bits per heavy atom. The number of nitrogens with zero attached hydrogens (tertiary/aromatic N) is 1. The van der Waals surface area contributed by atoms with Gasteiger partial charge < -0.3 is 14.4 Å². The van der Waals surface area contributed by atoms with E-state index in [4.69, 9.17) is 9.47 Å². The number of rotatable bonds is 19. The molecule has 0 aliphatic heterocycles. The molecule has 28 heavy (non-hydrogen) atoms. The Bertz CT molecular complexity index is 340. The van der Waals surface area contributed by atoms with E-state index in [9.17, 15) is 4.79 Å². The molecular weight excluding hydrogens is 374 g/mol. The zero-order valence-electron chi connectivity index (χ0n) is 19.3. The summed E-state index contributed by atoms with van der Waals surface area (Å²) >= 11 is 0. The second kappa shape index (κ2) is 21.4. The molecule has 0 aromatic carbocycles. The number of carbonyl (C=O) groups excluding carboxylic acids is 1. The summed E-state index contributed by atoms with van der Waals surface area (Å²) < 4.78 is 11.2. The zero-order chi connectivity index (χ0) is 20.3. The lowest BCUT2D eigenvalue weighted by Crippen LogP contribution is -2.34. The summed E-state index contributed by atoms with van der Waals surface area (Å²) in [6.07, 6.45) is 17.6. The lowest BCUT2D eigenvalue weighted by molar-refractivity contribution is -0.151. The number of hydrogen-bond acceptors (Lipinski definition) is 4. The fourth-order valence-electron chi connectivity index (χ4n) is 3.39. The van der Waals surface area contributed by atoms with Gasteiger partial charge in [0.25, 0.3) is 0 Å². The first-order valence-corrected chi connectivity index (χ1v) is 11.4. The number of halogens is 1. The van der Waals surface area contributed by atoms with E-state index in [0.29, 0.717) is 13.2 Å². The van der Waals surface area contributed by atoms with E-state index in [-0.39, 0.29) is 30.6 Å². The number of unbranched alkanes of at least 4 members (excludes halogenated alkanes) is 11. The first-order chi connectivity index (χ1) is 13.0. The zero-order valence-corrected chi connectivity index (χ0v) is 20.2. The topological polar surface area (TPSA) is 38.8 Å². The van der Waals surface area contributed by atoms with E-state index < -0.39 is 0 Å². The summed E-state index contributed by atoms with van der Waals surface area (Å²) in [5.41, 5.74) is 0. The van der Waals surface area contributed by atoms with Crippen LogP contribution in [0.25, 0.3) is 0 Å². The van der Waals surface area contributed by atoms with Crippen molar-refractivity contribution in [2.45, 2.75) is 116 Å². The standard InChI is InChI=1S/C23H47NO3.ClH/c1-6-7-8-9-10-11-12-13-14-15-16-17-18-21(2)26-20-23(19-24(4)5)27-22(3)25;/h21,23H,6-20H2,1-5H3;1H. The Morgan fingerprint density at radius 2 is 1.32 bits per heavy atom. The summed E-state index contributed by atoms with van der Waals surface area (Å²) in [6, 6.07) is 0. The third kappa shape index (κ3) is 22.0. The van der Waals surface area contributed by atoms with Gasteiger partial charge in [-0.05, 0) is 27.4 Å². The molecule has 0 rings (SSSR count). The molecule has 0 spiro atoms. The molecule has 0 aromatic heterocycles. The molecule has 2 unspecified atom stereocenters. The van der Waals surface area contributed by atoms with Crippen molar-refractivity contribution in [2.24, 2.45) is 0 Å². The Kier molecular flexibility index (Phi) is 22.8. The molecule has 0 aliphatic rings. The van der Waals surface area contributed by atoms with Crippen molar-refractivity contribution in [2.75, 3.05) is 27.2 Å². The summed E-state index contributed by atoms with van der Waals surface area (Å²) in [5.74, 6) is -0.237. The number of likely N-dealkylation sites (N-methyl/N-ethyl adjacent to an activating group) is 1. The Balaban J connectivity index is 0. The molecule has 0 fully saturated rings. The van der Waals surface area contributed by atoms with Gasteiger partial charge in [-0.25, -0.2) is 0 Å². The molecule has 170 valence electrons. The van der Waals surface area contributed by atoms with Crippen LogP contribution in [0.4, 0.5) is 0 Å². The summed E-state index contributed by atoms with van der Waals surface area (Å²) in [7, 11) is 3.96. The molecule has 0 bridgehead atoms. The average Bonchev–Trinajstić information content (AvgIpc) is 2.59. The fraction of sp³-hybridized carbons (Fsp3) is 0.957. The van der Waals surface area contributed by atoms with Crippen LogP contribution in [-0.2, 0) is 14.3 Å². The van der Waals surface area contributed by atoms with E-state index in [1.807, 2.05) is 19.0 Å². The fourth-order valence-corrected chi connectivity index (χ4v) is 3.39. The van der Waals surface area contributed by atoms with Crippen LogP contribution < -0.4 is 0 Å². The average molecular weight is 422 g/mol. The molecule has 0 saturated heterocycles. The predicted octanol–water partition coefficient (Wildman–Crippen LogP) is 6.40. The van der Waals surface area contributed by atoms with E-state index >= 15 is 0 Å². The van der Waals surface area contributed by atoms with Gasteiger partial charge in [0.1, 0.15) is 6.10 Å². The monoisotopic (exact) mass is 421 g/mol. The highest BCUT2D eigenvalue weighted by Gasteiger charge is 2.15. The van der Waals surface area contributed by atoms with Crippen LogP contribution in [0, 0.1) is 0 Å². The van der Waals surface area contributed by atoms with Crippen molar-refractivity contribution in [1.29, 1.82) is 0 Å². The summed E-state index contributed by atoms with van der Waals surface area (Å²) in [5, 5.41) is 0. The maximum atomic E-state index is 11.2. The second-order valence-corrected chi connectivity index (χ2v) is 8.32. The van der Waals surface area contributed by atoms with Crippen molar-refractivity contribution in [3.8, 4) is 0 Å². The molecule has 2 atom stereocenters. The third-order valence-electron chi connectivity index (χ3n) is 4.93.